The second kappa shape index (κ2) is 9.64. The molecule has 6 nitrogen and oxygen atoms in total. The molecule has 0 bridgehead atoms. The zero-order valence-corrected chi connectivity index (χ0v) is 18.0. The average Bonchev–Trinajstić information content (AvgIpc) is 2.73. The van der Waals surface area contributed by atoms with Gasteiger partial charge in [0.1, 0.15) is 12.4 Å². The number of amides is 1. The van der Waals surface area contributed by atoms with Gasteiger partial charge in [-0.2, -0.15) is 5.10 Å². The summed E-state index contributed by atoms with van der Waals surface area (Å²) in [5.41, 5.74) is 3.23. The molecular weight excluding hydrogens is 473 g/mol. The van der Waals surface area contributed by atoms with Crippen molar-refractivity contribution >= 4 is 43.8 Å². The van der Waals surface area contributed by atoms with Gasteiger partial charge in [-0.05, 0) is 54.1 Å². The summed E-state index contributed by atoms with van der Waals surface area (Å²) in [6.07, 6.45) is 1.44. The van der Waals surface area contributed by atoms with Gasteiger partial charge in [0.2, 0.25) is 0 Å². The van der Waals surface area contributed by atoms with E-state index in [2.05, 4.69) is 26.5 Å². The smallest absolute Gasteiger partial charge is 0.264 e. The van der Waals surface area contributed by atoms with Crippen LogP contribution in [0, 0.1) is 5.82 Å². The summed E-state index contributed by atoms with van der Waals surface area (Å²) in [5, 5.41) is 3.87. The monoisotopic (exact) mass is 489 g/mol. The molecule has 0 fully saturated rings. The fraction of sp³-hybridized carbons (Fsp3) is 0.0476. The third kappa shape index (κ3) is 5.52. The van der Waals surface area contributed by atoms with Gasteiger partial charge in [-0.15, -0.1) is 0 Å². The summed E-state index contributed by atoms with van der Waals surface area (Å²) in [6, 6.07) is 19.8. The quantitative estimate of drug-likeness (QED) is 0.403. The fourth-order valence-electron chi connectivity index (χ4n) is 2.57. The number of nitrogens with zero attached hydrogens (tertiary/aromatic N) is 2. The first-order valence-corrected chi connectivity index (χ1v) is 11.0. The summed E-state index contributed by atoms with van der Waals surface area (Å²) >= 11 is 3.34. The highest BCUT2D eigenvalue weighted by Gasteiger charge is 2.27. The van der Waals surface area contributed by atoms with Gasteiger partial charge in [0.05, 0.1) is 16.8 Å². The van der Waals surface area contributed by atoms with E-state index in [1.807, 2.05) is 12.1 Å². The molecule has 3 aromatic carbocycles. The largest absolute Gasteiger partial charge is 0.271 e. The molecule has 154 valence electrons. The van der Waals surface area contributed by atoms with E-state index in [4.69, 9.17) is 0 Å². The van der Waals surface area contributed by atoms with E-state index in [1.54, 1.807) is 30.3 Å². The SMILES string of the molecule is O=C(CN(c1ccc(F)cc1)S(=O)(=O)c1ccccc1)N/N=C\c1cccc(Br)c1. The number of carbonyl (C=O) groups is 1. The minimum Gasteiger partial charge on any atom is -0.271 e. The molecule has 9 heteroatoms. The number of anilines is 1. The van der Waals surface area contributed by atoms with Crippen LogP contribution >= 0.6 is 15.9 Å². The normalized spacial score (nSPS) is 11.4. The van der Waals surface area contributed by atoms with Crippen LogP contribution in [-0.4, -0.2) is 27.1 Å². The maximum absolute atomic E-state index is 13.3. The third-order valence-electron chi connectivity index (χ3n) is 3.98. The van der Waals surface area contributed by atoms with Crippen molar-refractivity contribution < 1.29 is 17.6 Å². The Morgan fingerprint density at radius 1 is 1.03 bits per heavy atom. The Balaban J connectivity index is 1.82. The number of halogens is 2. The molecule has 1 N–H and O–H groups in total. The van der Waals surface area contributed by atoms with Crippen LogP contribution in [0.25, 0.3) is 0 Å². The highest BCUT2D eigenvalue weighted by atomic mass is 79.9. The lowest BCUT2D eigenvalue weighted by Crippen LogP contribution is -2.39. The lowest BCUT2D eigenvalue weighted by Gasteiger charge is -2.23. The number of hydrogen-bond donors (Lipinski definition) is 1. The molecule has 3 rings (SSSR count). The van der Waals surface area contributed by atoms with Crippen LogP contribution in [0.15, 0.2) is 93.3 Å². The van der Waals surface area contributed by atoms with Gasteiger partial charge in [-0.25, -0.2) is 18.2 Å². The fourth-order valence-corrected chi connectivity index (χ4v) is 4.43. The number of sulfonamides is 1. The summed E-state index contributed by atoms with van der Waals surface area (Å²) < 4.78 is 41.3. The topological polar surface area (TPSA) is 78.8 Å². The number of benzene rings is 3. The van der Waals surface area contributed by atoms with Crippen molar-refractivity contribution in [2.45, 2.75) is 4.90 Å². The van der Waals surface area contributed by atoms with Crippen molar-refractivity contribution in [1.29, 1.82) is 0 Å². The first-order chi connectivity index (χ1) is 14.4. The Morgan fingerprint density at radius 2 is 1.73 bits per heavy atom. The zero-order valence-electron chi connectivity index (χ0n) is 15.6. The van der Waals surface area contributed by atoms with E-state index in [0.717, 1.165) is 26.5 Å². The summed E-state index contributed by atoms with van der Waals surface area (Å²) in [5.74, 6) is -1.16. The Labute approximate surface area is 182 Å². The molecule has 30 heavy (non-hydrogen) atoms. The van der Waals surface area contributed by atoms with Crippen molar-refractivity contribution in [3.05, 3.63) is 94.7 Å². The summed E-state index contributed by atoms with van der Waals surface area (Å²) in [6.45, 7) is -0.529. The second-order valence-corrected chi connectivity index (χ2v) is 8.93. The predicted octanol–water partition coefficient (Wildman–Crippen LogP) is 3.93. The van der Waals surface area contributed by atoms with Gasteiger partial charge in [0.25, 0.3) is 15.9 Å². The molecule has 0 saturated heterocycles. The molecule has 0 spiro atoms. The first-order valence-electron chi connectivity index (χ1n) is 8.77. The number of rotatable bonds is 7. The minimum atomic E-state index is -4.05. The summed E-state index contributed by atoms with van der Waals surface area (Å²) in [4.78, 5) is 12.4. The number of nitrogens with one attached hydrogen (secondary N) is 1. The first kappa shape index (κ1) is 21.7. The van der Waals surface area contributed by atoms with Gasteiger partial charge in [0, 0.05) is 4.47 Å². The molecule has 0 atom stereocenters. The van der Waals surface area contributed by atoms with E-state index in [-0.39, 0.29) is 10.6 Å². The highest BCUT2D eigenvalue weighted by Crippen LogP contribution is 2.23. The molecule has 0 aliphatic heterocycles. The van der Waals surface area contributed by atoms with Crippen LogP contribution in [0.2, 0.25) is 0 Å². The molecule has 0 aromatic heterocycles. The Morgan fingerprint density at radius 3 is 2.40 bits per heavy atom. The number of hydrazone groups is 1. The van der Waals surface area contributed by atoms with Crippen LogP contribution in [0.5, 0.6) is 0 Å². The van der Waals surface area contributed by atoms with Crippen LogP contribution in [0.3, 0.4) is 0 Å². The van der Waals surface area contributed by atoms with E-state index < -0.39 is 28.3 Å². The Kier molecular flexibility index (Phi) is 6.96. The molecule has 0 heterocycles. The number of carbonyl (C=O) groups excluding carboxylic acids is 1. The predicted molar refractivity (Wildman–Crippen MR) is 117 cm³/mol. The van der Waals surface area contributed by atoms with E-state index >= 15 is 0 Å². The third-order valence-corrected chi connectivity index (χ3v) is 6.27. The zero-order chi connectivity index (χ0) is 21.6. The van der Waals surface area contributed by atoms with Crippen molar-refractivity contribution in [2.24, 2.45) is 5.10 Å². The Hall–Kier alpha value is -3.04. The average molecular weight is 490 g/mol. The summed E-state index contributed by atoms with van der Waals surface area (Å²) in [7, 11) is -4.05. The minimum absolute atomic E-state index is 0.0137. The van der Waals surface area contributed by atoms with Crippen LogP contribution in [0.1, 0.15) is 5.56 Å². The molecule has 0 saturated carbocycles. The lowest BCUT2D eigenvalue weighted by atomic mass is 10.2. The molecule has 1 amide bonds. The maximum atomic E-state index is 13.3. The molecule has 0 radical (unpaired) electrons. The molecular formula is C21H17BrFN3O3S. The van der Waals surface area contributed by atoms with E-state index in [0.29, 0.717) is 0 Å². The van der Waals surface area contributed by atoms with Crippen LogP contribution < -0.4 is 9.73 Å². The van der Waals surface area contributed by atoms with Crippen molar-refractivity contribution in [2.75, 3.05) is 10.8 Å². The van der Waals surface area contributed by atoms with Crippen molar-refractivity contribution in [1.82, 2.24) is 5.43 Å². The molecule has 0 unspecified atom stereocenters. The van der Waals surface area contributed by atoms with Gasteiger partial charge < -0.3 is 0 Å². The second-order valence-electron chi connectivity index (χ2n) is 6.15. The number of hydrogen-bond acceptors (Lipinski definition) is 4. The highest BCUT2D eigenvalue weighted by molar-refractivity contribution is 9.10. The maximum Gasteiger partial charge on any atom is 0.264 e. The van der Waals surface area contributed by atoms with Gasteiger partial charge in [-0.3, -0.25) is 9.10 Å². The van der Waals surface area contributed by atoms with Crippen molar-refractivity contribution in [3.8, 4) is 0 Å². The van der Waals surface area contributed by atoms with Crippen molar-refractivity contribution in [3.63, 3.8) is 0 Å². The van der Waals surface area contributed by atoms with Gasteiger partial charge in [-0.1, -0.05) is 46.3 Å². The van der Waals surface area contributed by atoms with Gasteiger partial charge in [0.15, 0.2) is 0 Å². The molecule has 3 aromatic rings. The standard InChI is InChI=1S/C21H17BrFN3O3S/c22-17-6-4-5-16(13-17)14-24-25-21(27)15-26(19-11-9-18(23)10-12-19)30(28,29)20-7-2-1-3-8-20/h1-14H,15H2,(H,25,27)/b24-14-. The Bertz CT molecular complexity index is 1150. The molecule has 0 aliphatic rings. The van der Waals surface area contributed by atoms with Crippen LogP contribution in [-0.2, 0) is 14.8 Å². The van der Waals surface area contributed by atoms with E-state index in [9.17, 15) is 17.6 Å². The molecule has 0 aliphatic carbocycles. The van der Waals surface area contributed by atoms with Gasteiger partial charge >= 0.3 is 0 Å². The van der Waals surface area contributed by atoms with Crippen LogP contribution in [0.4, 0.5) is 10.1 Å². The lowest BCUT2D eigenvalue weighted by molar-refractivity contribution is -0.119. The van der Waals surface area contributed by atoms with E-state index in [1.165, 1.54) is 30.5 Å².